The molecular formula is C17H21FN4O2S. The van der Waals surface area contributed by atoms with Crippen LogP contribution in [0, 0.1) is 5.82 Å². The maximum Gasteiger partial charge on any atom is 0.235 e. The average Bonchev–Trinajstić information content (AvgIpc) is 2.95. The molecule has 0 aliphatic carbocycles. The van der Waals surface area contributed by atoms with E-state index in [0.717, 1.165) is 0 Å². The highest BCUT2D eigenvalue weighted by molar-refractivity contribution is 8.00. The molecule has 0 bridgehead atoms. The van der Waals surface area contributed by atoms with Gasteiger partial charge in [-0.05, 0) is 19.1 Å². The van der Waals surface area contributed by atoms with Gasteiger partial charge >= 0.3 is 0 Å². The number of hydrogen-bond acceptors (Lipinski definition) is 5. The Morgan fingerprint density at radius 3 is 2.80 bits per heavy atom. The lowest BCUT2D eigenvalue weighted by Gasteiger charge is -2.16. The van der Waals surface area contributed by atoms with E-state index < -0.39 is 5.82 Å². The lowest BCUT2D eigenvalue weighted by molar-refractivity contribution is -0.127. The van der Waals surface area contributed by atoms with Gasteiger partial charge in [0.15, 0.2) is 22.5 Å². The molecule has 0 saturated carbocycles. The first-order valence-electron chi connectivity index (χ1n) is 7.72. The standard InChI is InChI=1S/C17H21FN4O2S/c1-5-10-22-15(11-24-14-9-7-6-8-13(14)18)19-20-17(22)25-12(2)16(23)21(3)4/h5-9,12H,1,10-11H2,2-4H3. The first-order chi connectivity index (χ1) is 11.9. The van der Waals surface area contributed by atoms with E-state index in [2.05, 4.69) is 16.8 Å². The van der Waals surface area contributed by atoms with E-state index in [1.54, 1.807) is 42.9 Å². The molecule has 0 spiro atoms. The second-order valence-corrected chi connectivity index (χ2v) is 6.82. The minimum atomic E-state index is -0.433. The summed E-state index contributed by atoms with van der Waals surface area (Å²) >= 11 is 1.31. The molecule has 1 aromatic carbocycles. The summed E-state index contributed by atoms with van der Waals surface area (Å²) in [5.74, 6) is 0.246. The van der Waals surface area contributed by atoms with Gasteiger partial charge in [0.05, 0.1) is 5.25 Å². The summed E-state index contributed by atoms with van der Waals surface area (Å²) in [6.45, 7) is 6.08. The fourth-order valence-electron chi connectivity index (χ4n) is 2.10. The van der Waals surface area contributed by atoms with Gasteiger partial charge in [0.1, 0.15) is 6.61 Å². The Morgan fingerprint density at radius 2 is 2.16 bits per heavy atom. The first-order valence-corrected chi connectivity index (χ1v) is 8.60. The molecule has 1 atom stereocenters. The van der Waals surface area contributed by atoms with E-state index in [9.17, 15) is 9.18 Å². The zero-order valence-electron chi connectivity index (χ0n) is 14.5. The molecule has 1 aromatic heterocycles. The molecule has 134 valence electrons. The second-order valence-electron chi connectivity index (χ2n) is 5.51. The molecule has 0 saturated heterocycles. The van der Waals surface area contributed by atoms with Crippen molar-refractivity contribution in [3.05, 3.63) is 48.6 Å². The number of allylic oxidation sites excluding steroid dienone is 1. The van der Waals surface area contributed by atoms with Crippen LogP contribution in [0.3, 0.4) is 0 Å². The molecule has 1 unspecified atom stereocenters. The number of halogens is 1. The molecule has 0 N–H and O–H groups in total. The minimum absolute atomic E-state index is 0.0118. The van der Waals surface area contributed by atoms with E-state index >= 15 is 0 Å². The van der Waals surface area contributed by atoms with Gasteiger partial charge in [-0.25, -0.2) is 4.39 Å². The predicted molar refractivity (Wildman–Crippen MR) is 95.0 cm³/mol. The minimum Gasteiger partial charge on any atom is -0.483 e. The van der Waals surface area contributed by atoms with Crippen LogP contribution in [0.25, 0.3) is 0 Å². The predicted octanol–water partition coefficient (Wildman–Crippen LogP) is 2.75. The van der Waals surface area contributed by atoms with Gasteiger partial charge < -0.3 is 9.64 Å². The van der Waals surface area contributed by atoms with Gasteiger partial charge in [-0.3, -0.25) is 9.36 Å². The largest absolute Gasteiger partial charge is 0.483 e. The van der Waals surface area contributed by atoms with E-state index in [0.29, 0.717) is 17.5 Å². The first kappa shape index (κ1) is 19.0. The van der Waals surface area contributed by atoms with Crippen LogP contribution in [0.15, 0.2) is 42.1 Å². The quantitative estimate of drug-likeness (QED) is 0.532. The molecule has 2 aromatic rings. The molecule has 1 amide bonds. The number of carbonyl (C=O) groups is 1. The summed E-state index contributed by atoms with van der Waals surface area (Å²) in [6, 6.07) is 6.18. The van der Waals surface area contributed by atoms with Gasteiger partial charge in [0, 0.05) is 20.6 Å². The van der Waals surface area contributed by atoms with E-state index in [1.807, 2.05) is 6.92 Å². The molecule has 0 aliphatic heterocycles. The number of carbonyl (C=O) groups excluding carboxylic acids is 1. The summed E-state index contributed by atoms with van der Waals surface area (Å²) in [5.41, 5.74) is 0. The van der Waals surface area contributed by atoms with Crippen LogP contribution < -0.4 is 4.74 Å². The molecule has 0 fully saturated rings. The zero-order valence-corrected chi connectivity index (χ0v) is 15.3. The summed E-state index contributed by atoms with van der Waals surface area (Å²) in [5, 5.41) is 8.53. The smallest absolute Gasteiger partial charge is 0.235 e. The molecule has 0 aliphatic rings. The Balaban J connectivity index is 2.14. The van der Waals surface area contributed by atoms with Gasteiger partial charge in [-0.1, -0.05) is 30.0 Å². The van der Waals surface area contributed by atoms with Crippen molar-refractivity contribution >= 4 is 17.7 Å². The van der Waals surface area contributed by atoms with Crippen molar-refractivity contribution in [2.75, 3.05) is 14.1 Å². The van der Waals surface area contributed by atoms with Gasteiger partial charge in [0.2, 0.25) is 5.91 Å². The highest BCUT2D eigenvalue weighted by atomic mass is 32.2. The molecular weight excluding hydrogens is 343 g/mol. The number of rotatable bonds is 8. The third kappa shape index (κ3) is 4.82. The Labute approximate surface area is 150 Å². The maximum atomic E-state index is 13.7. The van der Waals surface area contributed by atoms with Crippen molar-refractivity contribution in [1.29, 1.82) is 0 Å². The van der Waals surface area contributed by atoms with Crippen molar-refractivity contribution in [2.45, 2.75) is 30.5 Å². The van der Waals surface area contributed by atoms with E-state index in [4.69, 9.17) is 4.74 Å². The fraction of sp³-hybridized carbons (Fsp3) is 0.353. The van der Waals surface area contributed by atoms with Crippen LogP contribution in [-0.4, -0.2) is 44.9 Å². The summed E-state index contributed by atoms with van der Waals surface area (Å²) < 4.78 is 21.0. The monoisotopic (exact) mass is 364 g/mol. The topological polar surface area (TPSA) is 60.2 Å². The number of benzene rings is 1. The average molecular weight is 364 g/mol. The second kappa shape index (κ2) is 8.66. The van der Waals surface area contributed by atoms with E-state index in [-0.39, 0.29) is 23.5 Å². The third-order valence-corrected chi connectivity index (χ3v) is 4.44. The van der Waals surface area contributed by atoms with Crippen molar-refractivity contribution < 1.29 is 13.9 Å². The molecule has 0 radical (unpaired) electrons. The number of amides is 1. The van der Waals surface area contributed by atoms with Crippen LogP contribution in [0.1, 0.15) is 12.7 Å². The highest BCUT2D eigenvalue weighted by Crippen LogP contribution is 2.24. The van der Waals surface area contributed by atoms with Gasteiger partial charge in [-0.15, -0.1) is 16.8 Å². The molecule has 25 heavy (non-hydrogen) atoms. The van der Waals surface area contributed by atoms with Crippen molar-refractivity contribution in [2.24, 2.45) is 0 Å². The molecule has 8 heteroatoms. The number of nitrogens with zero attached hydrogens (tertiary/aromatic N) is 4. The van der Waals surface area contributed by atoms with Crippen molar-refractivity contribution in [3.63, 3.8) is 0 Å². The lowest BCUT2D eigenvalue weighted by Crippen LogP contribution is -2.29. The SMILES string of the molecule is C=CCn1c(COc2ccccc2F)nnc1SC(C)C(=O)N(C)C. The normalized spacial score (nSPS) is 11.8. The molecule has 6 nitrogen and oxygen atoms in total. The molecule has 2 rings (SSSR count). The summed E-state index contributed by atoms with van der Waals surface area (Å²) in [7, 11) is 3.42. The van der Waals surface area contributed by atoms with Crippen LogP contribution in [0.4, 0.5) is 4.39 Å². The van der Waals surface area contributed by atoms with Crippen LogP contribution >= 0.6 is 11.8 Å². The zero-order chi connectivity index (χ0) is 18.4. The molecule has 1 heterocycles. The number of para-hydroxylation sites is 1. The van der Waals surface area contributed by atoms with Crippen molar-refractivity contribution in [1.82, 2.24) is 19.7 Å². The van der Waals surface area contributed by atoms with Gasteiger partial charge in [-0.2, -0.15) is 0 Å². The summed E-state index contributed by atoms with van der Waals surface area (Å²) in [6.07, 6.45) is 1.71. The third-order valence-electron chi connectivity index (χ3n) is 3.37. The Morgan fingerprint density at radius 1 is 1.44 bits per heavy atom. The fourth-order valence-corrected chi connectivity index (χ4v) is 3.12. The van der Waals surface area contributed by atoms with Gasteiger partial charge in [0.25, 0.3) is 0 Å². The van der Waals surface area contributed by atoms with Crippen LogP contribution in [-0.2, 0) is 17.9 Å². The van der Waals surface area contributed by atoms with E-state index in [1.165, 1.54) is 22.7 Å². The number of ether oxygens (including phenoxy) is 1. The number of aromatic nitrogens is 3. The lowest BCUT2D eigenvalue weighted by atomic mass is 10.3. The number of thioether (sulfide) groups is 1. The highest BCUT2D eigenvalue weighted by Gasteiger charge is 2.21. The van der Waals surface area contributed by atoms with Crippen molar-refractivity contribution in [3.8, 4) is 5.75 Å². The van der Waals surface area contributed by atoms with Crippen LogP contribution in [0.5, 0.6) is 5.75 Å². The maximum absolute atomic E-state index is 13.7. The Kier molecular flexibility index (Phi) is 6.58. The Hall–Kier alpha value is -2.35. The van der Waals surface area contributed by atoms with Crippen LogP contribution in [0.2, 0.25) is 0 Å². The summed E-state index contributed by atoms with van der Waals surface area (Å²) in [4.78, 5) is 13.6. The Bertz CT molecular complexity index is 748. The number of hydrogen-bond donors (Lipinski definition) is 0.